The van der Waals surface area contributed by atoms with Crippen LogP contribution in [0.25, 0.3) is 0 Å². The SMILES string of the molecule is COC(=O)c1cc(C#N)c(C(F)F)nc1[N+](=O)[O-]. The fourth-order valence-corrected chi connectivity index (χ4v) is 1.17. The lowest BCUT2D eigenvalue weighted by molar-refractivity contribution is -0.390. The first-order chi connectivity index (χ1) is 8.42. The van der Waals surface area contributed by atoms with Crippen LogP contribution >= 0.6 is 0 Å². The third kappa shape index (κ3) is 2.37. The quantitative estimate of drug-likeness (QED) is 0.462. The first-order valence-corrected chi connectivity index (χ1v) is 4.38. The van der Waals surface area contributed by atoms with Gasteiger partial charge >= 0.3 is 18.2 Å². The van der Waals surface area contributed by atoms with Crippen molar-refractivity contribution in [1.29, 1.82) is 5.26 Å². The molecule has 0 aliphatic heterocycles. The van der Waals surface area contributed by atoms with Crippen molar-refractivity contribution in [2.75, 3.05) is 7.11 Å². The van der Waals surface area contributed by atoms with E-state index < -0.39 is 40.0 Å². The predicted octanol–water partition coefficient (Wildman–Crippen LogP) is 1.59. The van der Waals surface area contributed by atoms with Crippen molar-refractivity contribution in [3.8, 4) is 6.07 Å². The molecule has 0 atom stereocenters. The van der Waals surface area contributed by atoms with E-state index in [1.54, 1.807) is 0 Å². The number of nitrogens with zero attached hydrogens (tertiary/aromatic N) is 3. The Morgan fingerprint density at radius 1 is 1.67 bits per heavy atom. The maximum atomic E-state index is 12.5. The number of halogens is 2. The van der Waals surface area contributed by atoms with Gasteiger partial charge in [0.25, 0.3) is 0 Å². The van der Waals surface area contributed by atoms with Crippen LogP contribution in [0.3, 0.4) is 0 Å². The van der Waals surface area contributed by atoms with Gasteiger partial charge < -0.3 is 14.9 Å². The molecule has 0 saturated carbocycles. The highest BCUT2D eigenvalue weighted by molar-refractivity contribution is 5.93. The minimum Gasteiger partial charge on any atom is -0.465 e. The molecule has 0 aromatic carbocycles. The first kappa shape index (κ1) is 13.4. The largest absolute Gasteiger partial charge is 0.465 e. The van der Waals surface area contributed by atoms with Crippen LogP contribution in [0.1, 0.15) is 28.0 Å². The van der Waals surface area contributed by atoms with Gasteiger partial charge in [0, 0.05) is 0 Å². The molecule has 0 fully saturated rings. The molecule has 0 amide bonds. The molecule has 18 heavy (non-hydrogen) atoms. The van der Waals surface area contributed by atoms with Gasteiger partial charge in [0.05, 0.1) is 7.11 Å². The molecule has 0 unspecified atom stereocenters. The van der Waals surface area contributed by atoms with Crippen LogP contribution in [-0.2, 0) is 4.74 Å². The third-order valence-corrected chi connectivity index (χ3v) is 1.94. The number of carbonyl (C=O) groups is 1. The number of esters is 1. The second-order valence-corrected chi connectivity index (χ2v) is 2.95. The van der Waals surface area contributed by atoms with E-state index in [1.807, 2.05) is 0 Å². The van der Waals surface area contributed by atoms with Crippen LogP contribution in [0.15, 0.2) is 6.07 Å². The van der Waals surface area contributed by atoms with Crippen LogP contribution in [0, 0.1) is 21.4 Å². The monoisotopic (exact) mass is 257 g/mol. The maximum absolute atomic E-state index is 12.5. The molecule has 0 spiro atoms. The average molecular weight is 257 g/mol. The van der Waals surface area contributed by atoms with Gasteiger partial charge in [-0.15, -0.1) is 0 Å². The summed E-state index contributed by atoms with van der Waals surface area (Å²) in [5, 5.41) is 19.3. The van der Waals surface area contributed by atoms with Gasteiger partial charge in [-0.25, -0.2) is 13.6 Å². The minimum absolute atomic E-state index is 0.615. The highest BCUT2D eigenvalue weighted by Gasteiger charge is 2.30. The minimum atomic E-state index is -3.16. The van der Waals surface area contributed by atoms with Crippen molar-refractivity contribution in [3.63, 3.8) is 0 Å². The molecule has 0 radical (unpaired) electrons. The number of rotatable bonds is 3. The number of aromatic nitrogens is 1. The van der Waals surface area contributed by atoms with E-state index in [2.05, 4.69) is 9.72 Å². The molecule has 1 aromatic rings. The highest BCUT2D eigenvalue weighted by atomic mass is 19.3. The molecule has 9 heteroatoms. The zero-order valence-corrected chi connectivity index (χ0v) is 8.89. The van der Waals surface area contributed by atoms with E-state index in [-0.39, 0.29) is 0 Å². The van der Waals surface area contributed by atoms with Crippen molar-refractivity contribution in [3.05, 3.63) is 33.0 Å². The van der Waals surface area contributed by atoms with Gasteiger partial charge in [-0.2, -0.15) is 5.26 Å². The molecular weight excluding hydrogens is 252 g/mol. The number of hydrogen-bond donors (Lipinski definition) is 0. The summed E-state index contributed by atoms with van der Waals surface area (Å²) in [6, 6.07) is 2.05. The molecule has 0 saturated heterocycles. The van der Waals surface area contributed by atoms with E-state index in [0.717, 1.165) is 7.11 Å². The number of methoxy groups -OCH3 is 1. The van der Waals surface area contributed by atoms with Gasteiger partial charge in [-0.3, -0.25) is 0 Å². The van der Waals surface area contributed by atoms with Crippen molar-refractivity contribution in [1.82, 2.24) is 4.98 Å². The highest BCUT2D eigenvalue weighted by Crippen LogP contribution is 2.26. The normalized spacial score (nSPS) is 9.94. The molecule has 1 aromatic heterocycles. The second-order valence-electron chi connectivity index (χ2n) is 2.95. The van der Waals surface area contributed by atoms with E-state index in [0.29, 0.717) is 6.07 Å². The molecule has 0 N–H and O–H groups in total. The van der Waals surface area contributed by atoms with Gasteiger partial charge in [-0.05, 0) is 16.0 Å². The number of nitriles is 1. The van der Waals surface area contributed by atoms with Crippen LogP contribution in [0.4, 0.5) is 14.6 Å². The predicted molar refractivity (Wildman–Crippen MR) is 51.9 cm³/mol. The van der Waals surface area contributed by atoms with Crippen LogP contribution < -0.4 is 0 Å². The number of carbonyl (C=O) groups excluding carboxylic acids is 1. The van der Waals surface area contributed by atoms with Crippen molar-refractivity contribution in [2.45, 2.75) is 6.43 Å². The molecular formula is C9H5F2N3O4. The number of ether oxygens (including phenoxy) is 1. The Bertz CT molecular complexity index is 553. The zero-order chi connectivity index (χ0) is 13.9. The van der Waals surface area contributed by atoms with Crippen molar-refractivity contribution in [2.24, 2.45) is 0 Å². The topological polar surface area (TPSA) is 106 Å². The van der Waals surface area contributed by atoms with Crippen LogP contribution in [0.5, 0.6) is 0 Å². The van der Waals surface area contributed by atoms with Gasteiger partial charge in [0.15, 0.2) is 5.56 Å². The van der Waals surface area contributed by atoms with Crippen molar-refractivity contribution < 1.29 is 23.2 Å². The molecule has 1 rings (SSSR count). The number of alkyl halides is 2. The number of hydrogen-bond acceptors (Lipinski definition) is 6. The lowest BCUT2D eigenvalue weighted by Gasteiger charge is -2.03. The summed E-state index contributed by atoms with van der Waals surface area (Å²) in [7, 11) is 0.957. The van der Waals surface area contributed by atoms with E-state index in [1.165, 1.54) is 6.07 Å². The summed E-state index contributed by atoms with van der Waals surface area (Å²) in [5.74, 6) is -2.21. The van der Waals surface area contributed by atoms with E-state index in [9.17, 15) is 23.7 Å². The van der Waals surface area contributed by atoms with E-state index in [4.69, 9.17) is 5.26 Å². The third-order valence-electron chi connectivity index (χ3n) is 1.94. The molecule has 0 aliphatic rings. The summed E-state index contributed by atoms with van der Waals surface area (Å²) in [5.41, 5.74) is -2.31. The molecule has 0 bridgehead atoms. The van der Waals surface area contributed by atoms with Gasteiger partial charge in [0.1, 0.15) is 11.6 Å². The Kier molecular flexibility index (Phi) is 3.83. The second kappa shape index (κ2) is 5.13. The summed E-state index contributed by atoms with van der Waals surface area (Å²) in [6.07, 6.45) is -3.16. The fourth-order valence-electron chi connectivity index (χ4n) is 1.17. The molecule has 0 aliphatic carbocycles. The molecule has 1 heterocycles. The summed E-state index contributed by atoms with van der Waals surface area (Å²) in [6.45, 7) is 0. The Balaban J connectivity index is 3.58. The van der Waals surface area contributed by atoms with Crippen LogP contribution in [-0.4, -0.2) is 23.0 Å². The lowest BCUT2D eigenvalue weighted by Crippen LogP contribution is -2.10. The van der Waals surface area contributed by atoms with Gasteiger partial charge in [-0.1, -0.05) is 0 Å². The summed E-state index contributed by atoms with van der Waals surface area (Å²) < 4.78 is 29.3. The number of nitro groups is 1. The Morgan fingerprint density at radius 3 is 2.67 bits per heavy atom. The maximum Gasteiger partial charge on any atom is 0.378 e. The van der Waals surface area contributed by atoms with Gasteiger partial charge in [0.2, 0.25) is 5.69 Å². The Hall–Kier alpha value is -2.63. The Labute approximate surface area is 98.8 Å². The lowest BCUT2D eigenvalue weighted by atomic mass is 10.1. The van der Waals surface area contributed by atoms with Crippen molar-refractivity contribution >= 4 is 11.8 Å². The standard InChI is InChI=1S/C9H5F2N3O4/c1-18-9(15)5-2-4(3-12)6(7(10)11)13-8(5)14(16)17/h2,7H,1H3. The molecule has 94 valence electrons. The number of pyridine rings is 1. The summed E-state index contributed by atoms with van der Waals surface area (Å²) >= 11 is 0. The molecule has 7 nitrogen and oxygen atoms in total. The smallest absolute Gasteiger partial charge is 0.378 e. The van der Waals surface area contributed by atoms with E-state index >= 15 is 0 Å². The first-order valence-electron chi connectivity index (χ1n) is 4.38. The van der Waals surface area contributed by atoms with Crippen LogP contribution in [0.2, 0.25) is 0 Å². The zero-order valence-electron chi connectivity index (χ0n) is 8.89. The Morgan fingerprint density at radius 2 is 2.28 bits per heavy atom. The summed E-state index contributed by atoms with van der Waals surface area (Å²) in [4.78, 5) is 23.8. The fraction of sp³-hybridized carbons (Fsp3) is 0.222. The average Bonchev–Trinajstić information content (AvgIpc) is 2.35.